The van der Waals surface area contributed by atoms with Crippen molar-refractivity contribution in [2.24, 2.45) is 0 Å². The van der Waals surface area contributed by atoms with Crippen LogP contribution in [0, 0.1) is 0 Å². The molecule has 0 saturated heterocycles. The van der Waals surface area contributed by atoms with E-state index < -0.39 is 0 Å². The van der Waals surface area contributed by atoms with Crippen LogP contribution in [0.1, 0.15) is 18.4 Å². The van der Waals surface area contributed by atoms with Crippen LogP contribution in [-0.4, -0.2) is 25.1 Å². The van der Waals surface area contributed by atoms with Gasteiger partial charge in [-0.2, -0.15) is 11.8 Å². The first kappa shape index (κ1) is 13.3. The molecule has 0 aliphatic carbocycles. The van der Waals surface area contributed by atoms with Crippen molar-refractivity contribution in [1.29, 1.82) is 0 Å². The molecule has 1 N–H and O–H groups in total. The van der Waals surface area contributed by atoms with Crippen LogP contribution >= 0.6 is 11.8 Å². The van der Waals surface area contributed by atoms with Crippen LogP contribution in [0.2, 0.25) is 0 Å². The second kappa shape index (κ2) is 9.49. The van der Waals surface area contributed by atoms with Crippen LogP contribution in [0.3, 0.4) is 0 Å². The fraction of sp³-hybridized carbons (Fsp3) is 0.429. The topological polar surface area (TPSA) is 12.0 Å². The summed E-state index contributed by atoms with van der Waals surface area (Å²) in [7, 11) is 0. The smallest absolute Gasteiger partial charge is 0.0138 e. The molecule has 0 fully saturated rings. The summed E-state index contributed by atoms with van der Waals surface area (Å²) in [6.45, 7) is 2.09. The average molecular weight is 235 g/mol. The van der Waals surface area contributed by atoms with Crippen molar-refractivity contribution in [3.63, 3.8) is 0 Å². The van der Waals surface area contributed by atoms with E-state index in [0.717, 1.165) is 13.1 Å². The third-order valence-corrected chi connectivity index (χ3v) is 3.02. The molecule has 1 rings (SSSR count). The highest BCUT2D eigenvalue weighted by atomic mass is 32.2. The van der Waals surface area contributed by atoms with E-state index in [1.165, 1.54) is 24.2 Å². The molecule has 0 spiro atoms. The lowest BCUT2D eigenvalue weighted by Gasteiger charge is -2.00. The minimum Gasteiger partial charge on any atom is -0.313 e. The quantitative estimate of drug-likeness (QED) is 0.693. The highest BCUT2D eigenvalue weighted by Gasteiger charge is 1.87. The summed E-state index contributed by atoms with van der Waals surface area (Å²) in [5.41, 5.74) is 1.27. The Balaban J connectivity index is 2.01. The average Bonchev–Trinajstić information content (AvgIpc) is 2.34. The van der Waals surface area contributed by atoms with E-state index in [4.69, 9.17) is 0 Å². The van der Waals surface area contributed by atoms with E-state index >= 15 is 0 Å². The van der Waals surface area contributed by atoms with Crippen LogP contribution in [0.5, 0.6) is 0 Å². The van der Waals surface area contributed by atoms with Crippen molar-refractivity contribution in [2.75, 3.05) is 25.1 Å². The third-order valence-electron chi connectivity index (χ3n) is 2.32. The normalized spacial score (nSPS) is 11.1. The highest BCUT2D eigenvalue weighted by molar-refractivity contribution is 7.98. The van der Waals surface area contributed by atoms with Gasteiger partial charge in [0.1, 0.15) is 0 Å². The van der Waals surface area contributed by atoms with Gasteiger partial charge in [0, 0.05) is 6.54 Å². The van der Waals surface area contributed by atoms with Crippen molar-refractivity contribution in [2.45, 2.75) is 12.8 Å². The van der Waals surface area contributed by atoms with Gasteiger partial charge in [-0.05, 0) is 37.0 Å². The number of nitrogens with one attached hydrogen (secondary N) is 1. The Hall–Kier alpha value is -0.730. The second-order valence-electron chi connectivity index (χ2n) is 3.72. The first-order valence-electron chi connectivity index (χ1n) is 5.84. The molecule has 88 valence electrons. The molecule has 1 aromatic carbocycles. The molecule has 0 aliphatic heterocycles. The van der Waals surface area contributed by atoms with Crippen LogP contribution in [0.4, 0.5) is 0 Å². The molecule has 16 heavy (non-hydrogen) atoms. The maximum absolute atomic E-state index is 3.42. The predicted octanol–water partition coefficient (Wildman–Crippen LogP) is 3.43. The Morgan fingerprint density at radius 2 is 2.00 bits per heavy atom. The van der Waals surface area contributed by atoms with Gasteiger partial charge in [0.25, 0.3) is 0 Å². The Kier molecular flexibility index (Phi) is 7.91. The molecule has 0 aliphatic rings. The summed E-state index contributed by atoms with van der Waals surface area (Å²) < 4.78 is 0. The predicted molar refractivity (Wildman–Crippen MR) is 76.0 cm³/mol. The van der Waals surface area contributed by atoms with Gasteiger partial charge in [-0.3, -0.25) is 0 Å². The number of benzene rings is 1. The standard InChI is InChI=1S/C14H21NS/c1-16-13-6-5-11-15-12-7-10-14-8-3-2-4-9-14/h2-4,7-10,15H,5-6,11-13H2,1H3/b10-7+. The van der Waals surface area contributed by atoms with E-state index in [1.807, 2.05) is 17.8 Å². The summed E-state index contributed by atoms with van der Waals surface area (Å²) in [4.78, 5) is 0. The van der Waals surface area contributed by atoms with E-state index in [-0.39, 0.29) is 0 Å². The summed E-state index contributed by atoms with van der Waals surface area (Å²) in [6, 6.07) is 10.4. The molecule has 0 saturated carbocycles. The van der Waals surface area contributed by atoms with Gasteiger partial charge in [-0.1, -0.05) is 42.5 Å². The number of unbranched alkanes of at least 4 members (excludes halogenated alkanes) is 1. The molecular formula is C14H21NS. The number of rotatable bonds is 8. The van der Waals surface area contributed by atoms with Gasteiger partial charge in [0.05, 0.1) is 0 Å². The van der Waals surface area contributed by atoms with E-state index in [0.29, 0.717) is 0 Å². The molecule has 0 heterocycles. The molecule has 0 atom stereocenters. The first-order valence-corrected chi connectivity index (χ1v) is 7.24. The zero-order valence-corrected chi connectivity index (χ0v) is 10.8. The molecule has 0 amide bonds. The highest BCUT2D eigenvalue weighted by Crippen LogP contribution is 2.00. The lowest BCUT2D eigenvalue weighted by atomic mass is 10.2. The van der Waals surface area contributed by atoms with Gasteiger partial charge in [-0.25, -0.2) is 0 Å². The van der Waals surface area contributed by atoms with Crippen molar-refractivity contribution in [3.8, 4) is 0 Å². The van der Waals surface area contributed by atoms with Gasteiger partial charge < -0.3 is 5.32 Å². The van der Waals surface area contributed by atoms with Crippen molar-refractivity contribution in [3.05, 3.63) is 42.0 Å². The lowest BCUT2D eigenvalue weighted by Crippen LogP contribution is -2.14. The zero-order chi connectivity index (χ0) is 11.5. The Morgan fingerprint density at radius 3 is 2.75 bits per heavy atom. The molecule has 0 bridgehead atoms. The summed E-state index contributed by atoms with van der Waals surface area (Å²) >= 11 is 1.93. The largest absolute Gasteiger partial charge is 0.313 e. The number of hydrogen-bond donors (Lipinski definition) is 1. The van der Waals surface area contributed by atoms with E-state index in [1.54, 1.807) is 0 Å². The molecule has 0 unspecified atom stereocenters. The molecular weight excluding hydrogens is 214 g/mol. The van der Waals surface area contributed by atoms with Crippen molar-refractivity contribution >= 4 is 17.8 Å². The van der Waals surface area contributed by atoms with E-state index in [2.05, 4.69) is 48.0 Å². The number of thioether (sulfide) groups is 1. The zero-order valence-electron chi connectivity index (χ0n) is 9.99. The lowest BCUT2D eigenvalue weighted by molar-refractivity contribution is 0.685. The maximum Gasteiger partial charge on any atom is 0.0138 e. The molecule has 2 heteroatoms. The fourth-order valence-electron chi connectivity index (χ4n) is 1.44. The molecule has 0 aromatic heterocycles. The molecule has 0 radical (unpaired) electrons. The van der Waals surface area contributed by atoms with Gasteiger partial charge in [0.2, 0.25) is 0 Å². The SMILES string of the molecule is CSCCCCNC/C=C/c1ccccc1. The van der Waals surface area contributed by atoms with Crippen molar-refractivity contribution in [1.82, 2.24) is 5.32 Å². The van der Waals surface area contributed by atoms with E-state index in [9.17, 15) is 0 Å². The monoisotopic (exact) mass is 235 g/mol. The maximum atomic E-state index is 3.42. The summed E-state index contributed by atoms with van der Waals surface area (Å²) in [5.74, 6) is 1.28. The van der Waals surface area contributed by atoms with Crippen LogP contribution in [0.15, 0.2) is 36.4 Å². The second-order valence-corrected chi connectivity index (χ2v) is 4.70. The van der Waals surface area contributed by atoms with Crippen molar-refractivity contribution < 1.29 is 0 Å². The van der Waals surface area contributed by atoms with Crippen LogP contribution in [0.25, 0.3) is 6.08 Å². The minimum absolute atomic E-state index is 0.966. The Bertz CT molecular complexity index is 282. The first-order chi connectivity index (χ1) is 7.93. The minimum atomic E-state index is 0.966. The molecule has 1 aromatic rings. The Labute approximate surface area is 103 Å². The number of hydrogen-bond acceptors (Lipinski definition) is 2. The van der Waals surface area contributed by atoms with Crippen LogP contribution in [-0.2, 0) is 0 Å². The summed E-state index contributed by atoms with van der Waals surface area (Å²) in [5, 5.41) is 3.42. The van der Waals surface area contributed by atoms with Gasteiger partial charge in [-0.15, -0.1) is 0 Å². The van der Waals surface area contributed by atoms with Gasteiger partial charge in [0.15, 0.2) is 0 Å². The van der Waals surface area contributed by atoms with Crippen LogP contribution < -0.4 is 5.32 Å². The fourth-order valence-corrected chi connectivity index (χ4v) is 1.93. The Morgan fingerprint density at radius 1 is 1.19 bits per heavy atom. The summed E-state index contributed by atoms with van der Waals surface area (Å²) in [6.07, 6.45) is 9.10. The van der Waals surface area contributed by atoms with Gasteiger partial charge >= 0.3 is 0 Å². The third kappa shape index (κ3) is 6.70. The molecule has 1 nitrogen and oxygen atoms in total.